The maximum absolute atomic E-state index is 12.7. The number of allylic oxidation sites excluding steroid dienone is 6. The van der Waals surface area contributed by atoms with Gasteiger partial charge in [-0.3, -0.25) is 14.4 Å². The highest BCUT2D eigenvalue weighted by molar-refractivity contribution is 5.71. The second-order valence-electron chi connectivity index (χ2n) is 19.6. The van der Waals surface area contributed by atoms with Crippen molar-refractivity contribution in [1.82, 2.24) is 0 Å². The molecule has 0 aromatic rings. The number of hydrogen-bond acceptors (Lipinski definition) is 6. The number of ether oxygens (including phenoxy) is 3. The minimum Gasteiger partial charge on any atom is -0.462 e. The van der Waals surface area contributed by atoms with Crippen LogP contribution in [0.25, 0.3) is 0 Å². The van der Waals surface area contributed by atoms with Crippen LogP contribution in [-0.2, 0) is 28.6 Å². The molecule has 0 heterocycles. The molecule has 0 bridgehead atoms. The summed E-state index contributed by atoms with van der Waals surface area (Å²) >= 11 is 0. The highest BCUT2D eigenvalue weighted by atomic mass is 16.6. The van der Waals surface area contributed by atoms with Gasteiger partial charge in [-0.1, -0.05) is 256 Å². The zero-order chi connectivity index (χ0) is 47.9. The minimum absolute atomic E-state index is 0.0717. The van der Waals surface area contributed by atoms with Crippen LogP contribution >= 0.6 is 0 Å². The van der Waals surface area contributed by atoms with Crippen molar-refractivity contribution >= 4 is 17.9 Å². The van der Waals surface area contributed by atoms with E-state index in [2.05, 4.69) is 57.2 Å². The normalized spacial score (nSPS) is 12.2. The summed E-state index contributed by atoms with van der Waals surface area (Å²) in [6.07, 6.45) is 66.0. The summed E-state index contributed by atoms with van der Waals surface area (Å²) in [5, 5.41) is 0. The van der Waals surface area contributed by atoms with Gasteiger partial charge in [-0.25, -0.2) is 0 Å². The van der Waals surface area contributed by atoms with E-state index >= 15 is 0 Å². The van der Waals surface area contributed by atoms with E-state index in [-0.39, 0.29) is 31.1 Å². The van der Waals surface area contributed by atoms with Gasteiger partial charge in [0.05, 0.1) is 0 Å². The van der Waals surface area contributed by atoms with Crippen molar-refractivity contribution < 1.29 is 28.6 Å². The van der Waals surface area contributed by atoms with Crippen molar-refractivity contribution in [3.05, 3.63) is 36.5 Å². The SMILES string of the molecule is CCC/C=C\CCCCCCCC(=O)OC(COC(=O)CCCCCCCCCCC)COC(=O)CCCCCCCCCCCCCCCCCCC/C=C\C/C=C\CCCCCCC. The monoisotopic (exact) mass is 927 g/mol. The van der Waals surface area contributed by atoms with Crippen molar-refractivity contribution in [2.24, 2.45) is 0 Å². The van der Waals surface area contributed by atoms with Gasteiger partial charge in [-0.05, 0) is 70.6 Å². The molecule has 0 saturated carbocycles. The van der Waals surface area contributed by atoms with E-state index in [1.807, 2.05) is 0 Å². The smallest absolute Gasteiger partial charge is 0.306 e. The lowest BCUT2D eigenvalue weighted by Gasteiger charge is -2.18. The Morgan fingerprint density at radius 3 is 0.909 bits per heavy atom. The number of hydrogen-bond donors (Lipinski definition) is 0. The van der Waals surface area contributed by atoms with Gasteiger partial charge in [-0.2, -0.15) is 0 Å². The third kappa shape index (κ3) is 52.6. The van der Waals surface area contributed by atoms with E-state index < -0.39 is 6.10 Å². The Kier molecular flexibility index (Phi) is 53.2. The van der Waals surface area contributed by atoms with Gasteiger partial charge in [0.2, 0.25) is 0 Å². The topological polar surface area (TPSA) is 78.9 Å². The van der Waals surface area contributed by atoms with Crippen molar-refractivity contribution in [3.8, 4) is 0 Å². The lowest BCUT2D eigenvalue weighted by Crippen LogP contribution is -2.30. The Morgan fingerprint density at radius 2 is 0.576 bits per heavy atom. The molecule has 0 aliphatic rings. The first-order valence-corrected chi connectivity index (χ1v) is 29.0. The molecule has 0 spiro atoms. The number of unbranched alkanes of at least 4 members (excludes halogenated alkanes) is 36. The van der Waals surface area contributed by atoms with Crippen molar-refractivity contribution in [3.63, 3.8) is 0 Å². The largest absolute Gasteiger partial charge is 0.462 e. The van der Waals surface area contributed by atoms with Gasteiger partial charge in [-0.15, -0.1) is 0 Å². The molecule has 0 saturated heterocycles. The molecule has 0 aliphatic carbocycles. The fourth-order valence-corrected chi connectivity index (χ4v) is 8.48. The third-order valence-electron chi connectivity index (χ3n) is 12.8. The highest BCUT2D eigenvalue weighted by Gasteiger charge is 2.19. The van der Waals surface area contributed by atoms with E-state index in [4.69, 9.17) is 14.2 Å². The van der Waals surface area contributed by atoms with Crippen LogP contribution in [0.3, 0.4) is 0 Å². The zero-order valence-corrected chi connectivity index (χ0v) is 44.2. The van der Waals surface area contributed by atoms with Crippen molar-refractivity contribution in [2.45, 2.75) is 316 Å². The lowest BCUT2D eigenvalue weighted by atomic mass is 10.0. The summed E-state index contributed by atoms with van der Waals surface area (Å²) in [4.78, 5) is 37.9. The van der Waals surface area contributed by atoms with Gasteiger partial charge in [0.1, 0.15) is 13.2 Å². The van der Waals surface area contributed by atoms with Crippen molar-refractivity contribution in [2.75, 3.05) is 13.2 Å². The zero-order valence-electron chi connectivity index (χ0n) is 44.2. The van der Waals surface area contributed by atoms with Crippen LogP contribution in [-0.4, -0.2) is 37.2 Å². The quantitative estimate of drug-likeness (QED) is 0.0262. The molecular weight excluding hydrogens is 817 g/mol. The number of carbonyl (C=O) groups excluding carboxylic acids is 3. The van der Waals surface area contributed by atoms with Crippen LogP contribution in [0, 0.1) is 0 Å². The highest BCUT2D eigenvalue weighted by Crippen LogP contribution is 2.17. The number of rotatable bonds is 53. The predicted octanol–water partition coefficient (Wildman–Crippen LogP) is 19.3. The Balaban J connectivity index is 4.01. The average Bonchev–Trinajstić information content (AvgIpc) is 3.31. The summed E-state index contributed by atoms with van der Waals surface area (Å²) in [5.74, 6) is -0.873. The standard InChI is InChI=1S/C60H110O6/c1-4-7-10-13-16-19-21-22-23-24-25-26-27-28-29-30-31-32-33-34-35-36-37-38-39-42-44-47-50-53-59(62)65-56-57(55-64-58(61)52-49-46-43-40-18-15-12-9-6-3)66-60(63)54-51-48-45-41-20-17-14-11-8-5-2/h11,14,21-22,24-25,57H,4-10,12-13,15-20,23,26-56H2,1-3H3/b14-11-,22-21-,25-24-. The van der Waals surface area contributed by atoms with Gasteiger partial charge in [0.25, 0.3) is 0 Å². The molecule has 0 amide bonds. The van der Waals surface area contributed by atoms with Gasteiger partial charge < -0.3 is 14.2 Å². The molecular formula is C60H110O6. The molecule has 0 rings (SSSR count). The van der Waals surface area contributed by atoms with Crippen molar-refractivity contribution in [1.29, 1.82) is 0 Å². The number of carbonyl (C=O) groups is 3. The lowest BCUT2D eigenvalue weighted by molar-refractivity contribution is -0.167. The first kappa shape index (κ1) is 63.6. The molecule has 1 unspecified atom stereocenters. The molecule has 1 atom stereocenters. The van der Waals surface area contributed by atoms with Crippen LogP contribution in [0.2, 0.25) is 0 Å². The van der Waals surface area contributed by atoms with Crippen LogP contribution < -0.4 is 0 Å². The molecule has 0 aromatic heterocycles. The molecule has 66 heavy (non-hydrogen) atoms. The molecule has 6 heteroatoms. The Morgan fingerprint density at radius 1 is 0.303 bits per heavy atom. The Hall–Kier alpha value is -2.37. The maximum atomic E-state index is 12.7. The van der Waals surface area contributed by atoms with E-state index in [1.54, 1.807) is 0 Å². The van der Waals surface area contributed by atoms with Gasteiger partial charge in [0, 0.05) is 19.3 Å². The van der Waals surface area contributed by atoms with E-state index in [9.17, 15) is 14.4 Å². The molecule has 0 radical (unpaired) electrons. The second-order valence-corrected chi connectivity index (χ2v) is 19.6. The molecule has 6 nitrogen and oxygen atoms in total. The summed E-state index contributed by atoms with van der Waals surface area (Å²) in [6, 6.07) is 0. The van der Waals surface area contributed by atoms with E-state index in [1.165, 1.54) is 186 Å². The van der Waals surface area contributed by atoms with Crippen LogP contribution in [0.1, 0.15) is 310 Å². The van der Waals surface area contributed by atoms with E-state index in [0.29, 0.717) is 19.3 Å². The molecule has 0 aromatic carbocycles. The fraction of sp³-hybridized carbons (Fsp3) is 0.850. The van der Waals surface area contributed by atoms with Gasteiger partial charge in [0.15, 0.2) is 6.10 Å². The Bertz CT molecular complexity index is 1110. The molecule has 0 aliphatic heterocycles. The third-order valence-corrected chi connectivity index (χ3v) is 12.8. The summed E-state index contributed by atoms with van der Waals surface area (Å²) < 4.78 is 16.8. The van der Waals surface area contributed by atoms with E-state index in [0.717, 1.165) is 83.5 Å². The summed E-state index contributed by atoms with van der Waals surface area (Å²) in [5.41, 5.74) is 0. The number of esters is 3. The maximum Gasteiger partial charge on any atom is 0.306 e. The first-order valence-electron chi connectivity index (χ1n) is 29.0. The molecule has 0 fully saturated rings. The predicted molar refractivity (Wildman–Crippen MR) is 284 cm³/mol. The Labute approximate surface area is 410 Å². The minimum atomic E-state index is -0.770. The van der Waals surface area contributed by atoms with Crippen LogP contribution in [0.5, 0.6) is 0 Å². The fourth-order valence-electron chi connectivity index (χ4n) is 8.48. The molecule has 386 valence electrons. The second kappa shape index (κ2) is 55.2. The molecule has 0 N–H and O–H groups in total. The van der Waals surface area contributed by atoms with Crippen LogP contribution in [0.15, 0.2) is 36.5 Å². The average molecular weight is 928 g/mol. The van der Waals surface area contributed by atoms with Gasteiger partial charge >= 0.3 is 17.9 Å². The summed E-state index contributed by atoms with van der Waals surface area (Å²) in [6.45, 7) is 6.57. The van der Waals surface area contributed by atoms with Crippen LogP contribution in [0.4, 0.5) is 0 Å². The first-order chi connectivity index (χ1) is 32.5. The summed E-state index contributed by atoms with van der Waals surface area (Å²) in [7, 11) is 0.